The van der Waals surface area contributed by atoms with Crippen molar-refractivity contribution in [2.24, 2.45) is 11.3 Å². The Kier molecular flexibility index (Phi) is 10.9. The molecule has 3 aliphatic rings. The highest BCUT2D eigenvalue weighted by atomic mass is 35.5. The van der Waals surface area contributed by atoms with Gasteiger partial charge in [-0.2, -0.15) is 0 Å². The van der Waals surface area contributed by atoms with Gasteiger partial charge < -0.3 is 35.4 Å². The summed E-state index contributed by atoms with van der Waals surface area (Å²) in [5.41, 5.74) is -0.641. The van der Waals surface area contributed by atoms with E-state index in [0.29, 0.717) is 33.1 Å². The van der Waals surface area contributed by atoms with Gasteiger partial charge in [0.2, 0.25) is 11.8 Å². The minimum Gasteiger partial charge on any atom is -0.488 e. The third-order valence-corrected chi connectivity index (χ3v) is 11.1. The largest absolute Gasteiger partial charge is 0.488 e. The maximum Gasteiger partial charge on any atom is 0.408 e. The van der Waals surface area contributed by atoms with Crippen molar-refractivity contribution in [3.63, 3.8) is 0 Å². The molecule has 2 saturated carbocycles. The molecule has 13 nitrogen and oxygen atoms in total. The Morgan fingerprint density at radius 3 is 2.51 bits per heavy atom. The predicted molar refractivity (Wildman–Crippen MR) is 203 cm³/mol. The fourth-order valence-electron chi connectivity index (χ4n) is 7.11. The number of carbonyl (C=O) groups is 4. The second-order valence-electron chi connectivity index (χ2n) is 15.5. The number of carboxylic acids is 1. The highest BCUT2D eigenvalue weighted by Gasteiger charge is 2.61. The highest BCUT2D eigenvalue weighted by molar-refractivity contribution is 7.14. The standard InChI is InChI=1S/C38H47ClN6O7S/c1-7-21-17-38(21,34(48)49)44-32(46)28-15-23(18-45(28)33(47)31(37(4,5)6)43-36(50)52-22-11-8-9-12-22)51-29-16-26(27-19-53-35(42-27)40-20(2)3)41-30-24(29)13-10-14-25(30)39/h7,10,13-14,16,19-23,28,31H,1,8-9,11-12,15,17-18H2,2-6H3,(H,40,42)(H,43,50)(H,44,46)(H,48,49)/t21-,23-,28+,31-,38-/m1/s1. The molecule has 2 aromatic heterocycles. The van der Waals surface area contributed by atoms with Crippen LogP contribution in [0.3, 0.4) is 0 Å². The Morgan fingerprint density at radius 1 is 1.13 bits per heavy atom. The van der Waals surface area contributed by atoms with Gasteiger partial charge in [-0.25, -0.2) is 19.6 Å². The molecule has 284 valence electrons. The van der Waals surface area contributed by atoms with Crippen LogP contribution in [0.2, 0.25) is 5.02 Å². The zero-order valence-electron chi connectivity index (χ0n) is 30.6. The summed E-state index contributed by atoms with van der Waals surface area (Å²) in [6, 6.07) is 5.13. The van der Waals surface area contributed by atoms with Crippen molar-refractivity contribution in [2.75, 3.05) is 11.9 Å². The van der Waals surface area contributed by atoms with Crippen molar-refractivity contribution in [2.45, 2.75) is 109 Å². The molecule has 53 heavy (non-hydrogen) atoms. The quantitative estimate of drug-likeness (QED) is 0.151. The molecule has 0 unspecified atom stereocenters. The van der Waals surface area contributed by atoms with Crippen molar-refractivity contribution < 1.29 is 33.8 Å². The number of aliphatic carboxylic acids is 1. The second-order valence-corrected chi connectivity index (χ2v) is 16.8. The van der Waals surface area contributed by atoms with Gasteiger partial charge >= 0.3 is 12.1 Å². The van der Waals surface area contributed by atoms with E-state index in [1.165, 1.54) is 22.3 Å². The lowest BCUT2D eigenvalue weighted by atomic mass is 9.85. The molecule has 5 atom stereocenters. The number of fused-ring (bicyclic) bond motifs is 1. The van der Waals surface area contributed by atoms with Crippen molar-refractivity contribution >= 4 is 62.8 Å². The van der Waals surface area contributed by atoms with E-state index in [9.17, 15) is 24.3 Å². The number of anilines is 1. The molecule has 1 saturated heterocycles. The van der Waals surface area contributed by atoms with Crippen molar-refractivity contribution in [1.29, 1.82) is 0 Å². The van der Waals surface area contributed by atoms with Gasteiger partial charge in [-0.3, -0.25) is 9.59 Å². The zero-order chi connectivity index (χ0) is 38.2. The number of halogens is 1. The number of alkyl carbamates (subject to hydrolysis) is 1. The molecule has 4 N–H and O–H groups in total. The number of benzene rings is 1. The van der Waals surface area contributed by atoms with Gasteiger partial charge in [0.05, 0.1) is 22.8 Å². The van der Waals surface area contributed by atoms with E-state index in [2.05, 4.69) is 22.5 Å². The van der Waals surface area contributed by atoms with E-state index in [1.807, 2.05) is 46.1 Å². The van der Waals surface area contributed by atoms with Crippen molar-refractivity contribution in [3.8, 4) is 17.1 Å². The topological polar surface area (TPSA) is 172 Å². The number of hydrogen-bond acceptors (Lipinski definition) is 10. The minimum absolute atomic E-state index is 0.0211. The molecule has 3 amide bonds. The van der Waals surface area contributed by atoms with Gasteiger partial charge in [0.15, 0.2) is 5.13 Å². The molecule has 1 aliphatic heterocycles. The maximum atomic E-state index is 14.5. The molecule has 6 rings (SSSR count). The third-order valence-electron chi connectivity index (χ3n) is 10.1. The molecule has 3 heterocycles. The van der Waals surface area contributed by atoms with Crippen LogP contribution in [0, 0.1) is 11.3 Å². The molecule has 3 fully saturated rings. The number of thiazole rings is 1. The van der Waals surface area contributed by atoms with Crippen LogP contribution < -0.4 is 20.7 Å². The smallest absolute Gasteiger partial charge is 0.408 e. The number of likely N-dealkylation sites (tertiary alicyclic amines) is 1. The van der Waals surface area contributed by atoms with Gasteiger partial charge in [0, 0.05) is 35.2 Å². The number of nitrogens with zero attached hydrogens (tertiary/aromatic N) is 3. The normalized spacial score (nSPS) is 23.5. The number of hydrogen-bond donors (Lipinski definition) is 4. The van der Waals surface area contributed by atoms with Crippen LogP contribution in [-0.2, 0) is 19.1 Å². The predicted octanol–water partition coefficient (Wildman–Crippen LogP) is 6.41. The number of ether oxygens (including phenoxy) is 2. The van der Waals surface area contributed by atoms with E-state index in [1.54, 1.807) is 18.2 Å². The summed E-state index contributed by atoms with van der Waals surface area (Å²) in [6.45, 7) is 13.2. The molecule has 1 aromatic carbocycles. The maximum absolute atomic E-state index is 14.5. The van der Waals surface area contributed by atoms with Crippen LogP contribution >= 0.6 is 22.9 Å². The van der Waals surface area contributed by atoms with Gasteiger partial charge in [0.25, 0.3) is 0 Å². The van der Waals surface area contributed by atoms with E-state index >= 15 is 0 Å². The Labute approximate surface area is 317 Å². The number of pyridine rings is 1. The summed E-state index contributed by atoms with van der Waals surface area (Å²) >= 11 is 8.09. The average molecular weight is 767 g/mol. The van der Waals surface area contributed by atoms with Crippen LogP contribution in [0.5, 0.6) is 5.75 Å². The third kappa shape index (κ3) is 8.23. The SMILES string of the molecule is C=C[C@@H]1C[C@]1(NC(=O)[C@@H]1C[C@@H](Oc2cc(-c3csc(NC(C)C)n3)nc3c(Cl)cccc23)CN1C(=O)[C@@H](NC(=O)OC1CCCC1)C(C)(C)C)C(=O)O. The molecule has 2 aliphatic carbocycles. The Morgan fingerprint density at radius 2 is 1.87 bits per heavy atom. The number of para-hydroxylation sites is 1. The molecule has 0 bridgehead atoms. The summed E-state index contributed by atoms with van der Waals surface area (Å²) in [6.07, 6.45) is 3.60. The van der Waals surface area contributed by atoms with Crippen LogP contribution in [0.15, 0.2) is 42.3 Å². The van der Waals surface area contributed by atoms with E-state index in [4.69, 9.17) is 31.0 Å². The molecular weight excluding hydrogens is 720 g/mol. The fraction of sp³-hybridized carbons (Fsp3) is 0.526. The Balaban J connectivity index is 1.32. The Bertz CT molecular complexity index is 1910. The monoisotopic (exact) mass is 766 g/mol. The summed E-state index contributed by atoms with van der Waals surface area (Å²) in [4.78, 5) is 64.9. The van der Waals surface area contributed by atoms with Gasteiger partial charge in [-0.15, -0.1) is 17.9 Å². The number of amides is 3. The first-order valence-corrected chi connectivity index (χ1v) is 19.3. The van der Waals surface area contributed by atoms with Crippen LogP contribution in [-0.4, -0.2) is 86.3 Å². The average Bonchev–Trinajstić information content (AvgIpc) is 3.50. The van der Waals surface area contributed by atoms with Crippen molar-refractivity contribution in [1.82, 2.24) is 25.5 Å². The van der Waals surface area contributed by atoms with E-state index in [-0.39, 0.29) is 31.5 Å². The lowest BCUT2D eigenvalue weighted by Gasteiger charge is -2.35. The summed E-state index contributed by atoms with van der Waals surface area (Å²) in [5.74, 6) is -2.34. The lowest BCUT2D eigenvalue weighted by Crippen LogP contribution is -2.59. The van der Waals surface area contributed by atoms with Crippen LogP contribution in [0.1, 0.15) is 73.1 Å². The summed E-state index contributed by atoms with van der Waals surface area (Å²) in [7, 11) is 0. The first kappa shape index (κ1) is 38.3. The van der Waals surface area contributed by atoms with E-state index < -0.39 is 58.9 Å². The molecule has 0 spiro atoms. The number of nitrogens with one attached hydrogen (secondary N) is 3. The Hall–Kier alpha value is -4.43. The van der Waals surface area contributed by atoms with Crippen LogP contribution in [0.25, 0.3) is 22.3 Å². The van der Waals surface area contributed by atoms with Crippen molar-refractivity contribution in [3.05, 3.63) is 47.3 Å². The minimum atomic E-state index is -1.51. The summed E-state index contributed by atoms with van der Waals surface area (Å²) < 4.78 is 12.3. The fourth-order valence-corrected chi connectivity index (χ4v) is 8.18. The van der Waals surface area contributed by atoms with Gasteiger partial charge in [0.1, 0.15) is 41.3 Å². The molecule has 3 aromatic rings. The van der Waals surface area contributed by atoms with Gasteiger partial charge in [-0.05, 0) is 63.5 Å². The number of aromatic nitrogens is 2. The molecule has 0 radical (unpaired) electrons. The van der Waals surface area contributed by atoms with Gasteiger partial charge in [-0.1, -0.05) is 44.5 Å². The molecular formula is C38H47ClN6O7S. The number of rotatable bonds is 12. The highest BCUT2D eigenvalue weighted by Crippen LogP contribution is 2.45. The number of carboxylic acid groups (broad SMARTS) is 1. The van der Waals surface area contributed by atoms with E-state index in [0.717, 1.165) is 30.8 Å². The first-order valence-electron chi connectivity index (χ1n) is 18.0. The molecule has 15 heteroatoms. The first-order chi connectivity index (χ1) is 25.1. The van der Waals surface area contributed by atoms with Crippen LogP contribution in [0.4, 0.5) is 9.93 Å². The zero-order valence-corrected chi connectivity index (χ0v) is 32.2. The number of carbonyl (C=O) groups excluding carboxylic acids is 3. The summed E-state index contributed by atoms with van der Waals surface area (Å²) in [5, 5.41) is 22.5. The lowest BCUT2D eigenvalue weighted by molar-refractivity contribution is -0.146. The second kappa shape index (κ2) is 15.1.